The molecule has 0 radical (unpaired) electrons. The van der Waals surface area contributed by atoms with Crippen molar-refractivity contribution < 1.29 is 17.5 Å². The molecular weight excluding hydrogens is 321 g/mol. The molecule has 0 aliphatic carbocycles. The van der Waals surface area contributed by atoms with Gasteiger partial charge in [-0.3, -0.25) is 4.99 Å². The second kappa shape index (κ2) is 9.34. The number of rotatable bonds is 8. The SMILES string of the molecule is CCS(=O)(=O)CCNC(=NC)NCC(C)Oc1cccc(F)c1. The zero-order valence-electron chi connectivity index (χ0n) is 13.7. The number of ether oxygens (including phenoxy) is 1. The third-order valence-corrected chi connectivity index (χ3v) is 4.77. The van der Waals surface area contributed by atoms with E-state index in [1.165, 1.54) is 12.1 Å². The molecule has 0 bridgehead atoms. The minimum Gasteiger partial charge on any atom is -0.489 e. The molecule has 1 atom stereocenters. The Morgan fingerprint density at radius 1 is 1.39 bits per heavy atom. The lowest BCUT2D eigenvalue weighted by Gasteiger charge is -2.17. The molecule has 0 aromatic heterocycles. The zero-order chi connectivity index (χ0) is 17.3. The van der Waals surface area contributed by atoms with E-state index in [9.17, 15) is 12.8 Å². The summed E-state index contributed by atoms with van der Waals surface area (Å²) in [5, 5.41) is 5.97. The maximum atomic E-state index is 13.1. The van der Waals surface area contributed by atoms with E-state index in [-0.39, 0.29) is 30.0 Å². The van der Waals surface area contributed by atoms with Gasteiger partial charge in [-0.1, -0.05) is 13.0 Å². The quantitative estimate of drug-likeness (QED) is 0.547. The van der Waals surface area contributed by atoms with Gasteiger partial charge in [-0.15, -0.1) is 0 Å². The van der Waals surface area contributed by atoms with Crippen molar-refractivity contribution in [1.82, 2.24) is 10.6 Å². The zero-order valence-corrected chi connectivity index (χ0v) is 14.5. The van der Waals surface area contributed by atoms with Gasteiger partial charge >= 0.3 is 0 Å². The van der Waals surface area contributed by atoms with Gasteiger partial charge in [0.2, 0.25) is 0 Å². The van der Waals surface area contributed by atoms with Crippen LogP contribution in [-0.2, 0) is 9.84 Å². The minimum atomic E-state index is -3.00. The number of guanidine groups is 1. The predicted octanol–water partition coefficient (Wildman–Crippen LogP) is 1.19. The van der Waals surface area contributed by atoms with E-state index >= 15 is 0 Å². The Hall–Kier alpha value is -1.83. The summed E-state index contributed by atoms with van der Waals surface area (Å²) in [7, 11) is -1.41. The summed E-state index contributed by atoms with van der Waals surface area (Å²) in [6, 6.07) is 5.94. The highest BCUT2D eigenvalue weighted by Gasteiger charge is 2.09. The first-order valence-electron chi connectivity index (χ1n) is 7.43. The Morgan fingerprint density at radius 3 is 2.74 bits per heavy atom. The summed E-state index contributed by atoms with van der Waals surface area (Å²) >= 11 is 0. The van der Waals surface area contributed by atoms with E-state index in [1.807, 2.05) is 6.92 Å². The molecule has 0 heterocycles. The number of hydrogen-bond acceptors (Lipinski definition) is 4. The van der Waals surface area contributed by atoms with E-state index < -0.39 is 9.84 Å². The monoisotopic (exact) mass is 345 g/mol. The van der Waals surface area contributed by atoms with Gasteiger partial charge in [0, 0.05) is 25.4 Å². The summed E-state index contributed by atoms with van der Waals surface area (Å²) in [6.45, 7) is 4.19. The normalized spacial score (nSPS) is 13.5. The summed E-state index contributed by atoms with van der Waals surface area (Å²) in [4.78, 5) is 4.01. The van der Waals surface area contributed by atoms with E-state index in [2.05, 4.69) is 15.6 Å². The second-order valence-corrected chi connectivity index (χ2v) is 7.47. The lowest BCUT2D eigenvalue weighted by Crippen LogP contribution is -2.43. The Morgan fingerprint density at radius 2 is 2.13 bits per heavy atom. The largest absolute Gasteiger partial charge is 0.489 e. The molecule has 8 heteroatoms. The Labute approximate surface area is 137 Å². The minimum absolute atomic E-state index is 0.0551. The Balaban J connectivity index is 2.36. The van der Waals surface area contributed by atoms with Crippen LogP contribution in [0.4, 0.5) is 4.39 Å². The topological polar surface area (TPSA) is 79.8 Å². The van der Waals surface area contributed by atoms with E-state index in [1.54, 1.807) is 26.1 Å². The molecule has 0 saturated carbocycles. The van der Waals surface area contributed by atoms with Crippen LogP contribution in [0.15, 0.2) is 29.3 Å². The van der Waals surface area contributed by atoms with Crippen LogP contribution in [-0.4, -0.2) is 52.1 Å². The van der Waals surface area contributed by atoms with Crippen LogP contribution < -0.4 is 15.4 Å². The van der Waals surface area contributed by atoms with Crippen LogP contribution in [0.3, 0.4) is 0 Å². The highest BCUT2D eigenvalue weighted by Crippen LogP contribution is 2.13. The fraction of sp³-hybridized carbons (Fsp3) is 0.533. The maximum Gasteiger partial charge on any atom is 0.191 e. The van der Waals surface area contributed by atoms with Crippen LogP contribution in [0.25, 0.3) is 0 Å². The molecule has 0 fully saturated rings. The van der Waals surface area contributed by atoms with Crippen LogP contribution in [0, 0.1) is 5.82 Å². The Kier molecular flexibility index (Phi) is 7.80. The van der Waals surface area contributed by atoms with Gasteiger partial charge in [0.15, 0.2) is 15.8 Å². The van der Waals surface area contributed by atoms with Crippen molar-refractivity contribution in [3.05, 3.63) is 30.1 Å². The Bertz CT molecular complexity index is 620. The molecule has 130 valence electrons. The van der Waals surface area contributed by atoms with E-state index in [0.29, 0.717) is 18.3 Å². The van der Waals surface area contributed by atoms with Crippen molar-refractivity contribution in [2.45, 2.75) is 20.0 Å². The molecule has 1 aromatic carbocycles. The fourth-order valence-electron chi connectivity index (χ4n) is 1.74. The molecule has 23 heavy (non-hydrogen) atoms. The highest BCUT2D eigenvalue weighted by atomic mass is 32.2. The first-order chi connectivity index (χ1) is 10.9. The van der Waals surface area contributed by atoms with Gasteiger partial charge in [-0.05, 0) is 19.1 Å². The number of aliphatic imine (C=N–C) groups is 1. The maximum absolute atomic E-state index is 13.1. The van der Waals surface area contributed by atoms with Crippen molar-refractivity contribution in [2.24, 2.45) is 4.99 Å². The van der Waals surface area contributed by atoms with Gasteiger partial charge in [-0.2, -0.15) is 0 Å². The van der Waals surface area contributed by atoms with E-state index in [0.717, 1.165) is 0 Å². The van der Waals surface area contributed by atoms with Gasteiger partial charge in [0.25, 0.3) is 0 Å². The summed E-state index contributed by atoms with van der Waals surface area (Å²) in [5.74, 6) is 0.776. The lowest BCUT2D eigenvalue weighted by atomic mass is 10.3. The van der Waals surface area contributed by atoms with Crippen molar-refractivity contribution in [3.8, 4) is 5.75 Å². The number of hydrogen-bond donors (Lipinski definition) is 2. The predicted molar refractivity (Wildman–Crippen MR) is 90.2 cm³/mol. The lowest BCUT2D eigenvalue weighted by molar-refractivity contribution is 0.223. The molecule has 0 aliphatic heterocycles. The van der Waals surface area contributed by atoms with Crippen molar-refractivity contribution in [1.29, 1.82) is 0 Å². The summed E-state index contributed by atoms with van der Waals surface area (Å²) in [6.07, 6.45) is -0.213. The van der Waals surface area contributed by atoms with Gasteiger partial charge in [-0.25, -0.2) is 12.8 Å². The van der Waals surface area contributed by atoms with Gasteiger partial charge < -0.3 is 15.4 Å². The molecular formula is C15H24FN3O3S. The highest BCUT2D eigenvalue weighted by molar-refractivity contribution is 7.91. The van der Waals surface area contributed by atoms with Crippen LogP contribution in [0.1, 0.15) is 13.8 Å². The van der Waals surface area contributed by atoms with Gasteiger partial charge in [0.05, 0.1) is 12.3 Å². The van der Waals surface area contributed by atoms with E-state index in [4.69, 9.17) is 4.74 Å². The molecule has 2 N–H and O–H groups in total. The molecule has 1 aromatic rings. The number of nitrogens with one attached hydrogen (secondary N) is 2. The number of nitrogens with zero attached hydrogens (tertiary/aromatic N) is 1. The molecule has 0 amide bonds. The van der Waals surface area contributed by atoms with Crippen molar-refractivity contribution in [3.63, 3.8) is 0 Å². The molecule has 0 saturated heterocycles. The number of halogens is 1. The standard InChI is InChI=1S/C15H24FN3O3S/c1-4-23(20,21)9-8-18-15(17-3)19-11-12(2)22-14-7-5-6-13(16)10-14/h5-7,10,12H,4,8-9,11H2,1-3H3,(H2,17,18,19). The first-order valence-corrected chi connectivity index (χ1v) is 9.25. The number of sulfone groups is 1. The summed E-state index contributed by atoms with van der Waals surface area (Å²) in [5.41, 5.74) is 0. The van der Waals surface area contributed by atoms with Crippen LogP contribution >= 0.6 is 0 Å². The molecule has 0 spiro atoms. The van der Waals surface area contributed by atoms with Crippen LogP contribution in [0.5, 0.6) is 5.75 Å². The van der Waals surface area contributed by atoms with Crippen molar-refractivity contribution in [2.75, 3.05) is 31.6 Å². The van der Waals surface area contributed by atoms with Crippen LogP contribution in [0.2, 0.25) is 0 Å². The molecule has 1 rings (SSSR count). The average Bonchev–Trinajstić information content (AvgIpc) is 2.50. The van der Waals surface area contributed by atoms with Crippen molar-refractivity contribution >= 4 is 15.8 Å². The first kappa shape index (κ1) is 19.2. The third-order valence-electron chi connectivity index (χ3n) is 3.06. The molecule has 6 nitrogen and oxygen atoms in total. The second-order valence-electron chi connectivity index (χ2n) is 5.00. The summed E-state index contributed by atoms with van der Waals surface area (Å²) < 4.78 is 41.5. The molecule has 1 unspecified atom stereocenters. The van der Waals surface area contributed by atoms with Gasteiger partial charge in [0.1, 0.15) is 17.7 Å². The smallest absolute Gasteiger partial charge is 0.191 e. The number of benzene rings is 1. The average molecular weight is 345 g/mol. The molecule has 0 aliphatic rings. The third kappa shape index (κ3) is 7.83. The fourth-order valence-corrected chi connectivity index (χ4v) is 2.45.